The molecule has 0 aliphatic heterocycles. The first-order valence-electron chi connectivity index (χ1n) is 10.8. The first kappa shape index (κ1) is 22.0. The third-order valence-corrected chi connectivity index (χ3v) is 5.50. The molecule has 0 bridgehead atoms. The van der Waals surface area contributed by atoms with Gasteiger partial charge in [-0.25, -0.2) is 0 Å². The Morgan fingerprint density at radius 2 is 1.10 bits per heavy atom. The second-order valence-electron chi connectivity index (χ2n) is 10.2. The number of anilines is 2. The van der Waals surface area contributed by atoms with Gasteiger partial charge in [0.25, 0.3) is 0 Å². The molecule has 3 aromatic rings. The number of hydrogen-bond acceptors (Lipinski definition) is 2. The standard InChI is InChI=1S/C28H35NO/c1-27(2,3)24-18-21(19-25(26(24)30)28(4,5)6)13-12-20-14-16-23(17-15-20)29-22-10-8-7-9-11-22/h7-11,14-19,29-30H,12-13H2,1-6H3. The van der Waals surface area contributed by atoms with Gasteiger partial charge in [-0.2, -0.15) is 0 Å². The lowest BCUT2D eigenvalue weighted by atomic mass is 9.78. The van der Waals surface area contributed by atoms with Crippen LogP contribution in [-0.4, -0.2) is 5.11 Å². The summed E-state index contributed by atoms with van der Waals surface area (Å²) in [6, 6.07) is 23.3. The zero-order chi connectivity index (χ0) is 21.9. The van der Waals surface area contributed by atoms with E-state index in [-0.39, 0.29) is 10.8 Å². The van der Waals surface area contributed by atoms with Gasteiger partial charge in [0, 0.05) is 11.4 Å². The summed E-state index contributed by atoms with van der Waals surface area (Å²) in [5.74, 6) is 0.454. The van der Waals surface area contributed by atoms with Crippen molar-refractivity contribution in [2.75, 3.05) is 5.32 Å². The van der Waals surface area contributed by atoms with Crippen molar-refractivity contribution in [2.45, 2.75) is 65.2 Å². The van der Waals surface area contributed by atoms with E-state index in [1.54, 1.807) is 0 Å². The maximum absolute atomic E-state index is 10.9. The summed E-state index contributed by atoms with van der Waals surface area (Å²) in [5.41, 5.74) is 6.68. The fraction of sp³-hybridized carbons (Fsp3) is 0.357. The first-order valence-corrected chi connectivity index (χ1v) is 10.8. The largest absolute Gasteiger partial charge is 0.507 e. The highest BCUT2D eigenvalue weighted by atomic mass is 16.3. The fourth-order valence-electron chi connectivity index (χ4n) is 3.71. The zero-order valence-corrected chi connectivity index (χ0v) is 19.2. The smallest absolute Gasteiger partial charge is 0.123 e. The van der Waals surface area contributed by atoms with E-state index < -0.39 is 0 Å². The summed E-state index contributed by atoms with van der Waals surface area (Å²) in [6.45, 7) is 13.0. The van der Waals surface area contributed by atoms with E-state index >= 15 is 0 Å². The number of rotatable bonds is 5. The first-order chi connectivity index (χ1) is 14.0. The molecule has 0 aliphatic rings. The molecule has 3 aromatic carbocycles. The van der Waals surface area contributed by atoms with E-state index in [4.69, 9.17) is 0 Å². The van der Waals surface area contributed by atoms with E-state index in [9.17, 15) is 5.11 Å². The summed E-state index contributed by atoms with van der Waals surface area (Å²) in [5, 5.41) is 14.3. The van der Waals surface area contributed by atoms with E-state index in [1.807, 2.05) is 18.2 Å². The minimum atomic E-state index is -0.0924. The minimum absolute atomic E-state index is 0.0924. The van der Waals surface area contributed by atoms with Gasteiger partial charge in [-0.1, -0.05) is 84.0 Å². The van der Waals surface area contributed by atoms with Crippen molar-refractivity contribution in [2.24, 2.45) is 0 Å². The Balaban J connectivity index is 1.76. The lowest BCUT2D eigenvalue weighted by molar-refractivity contribution is 0.422. The lowest BCUT2D eigenvalue weighted by Crippen LogP contribution is -2.18. The van der Waals surface area contributed by atoms with Crippen molar-refractivity contribution in [1.29, 1.82) is 0 Å². The second-order valence-corrected chi connectivity index (χ2v) is 10.2. The molecule has 3 rings (SSSR count). The number of aromatic hydroxyl groups is 1. The molecule has 0 aliphatic carbocycles. The Kier molecular flexibility index (Phi) is 6.26. The van der Waals surface area contributed by atoms with Crippen LogP contribution in [0.4, 0.5) is 11.4 Å². The minimum Gasteiger partial charge on any atom is -0.507 e. The molecule has 0 atom stereocenters. The molecule has 2 heteroatoms. The molecule has 0 amide bonds. The number of para-hydroxylation sites is 1. The topological polar surface area (TPSA) is 32.3 Å². The highest BCUT2D eigenvalue weighted by Crippen LogP contribution is 2.40. The van der Waals surface area contributed by atoms with Crippen LogP contribution in [-0.2, 0) is 23.7 Å². The molecule has 0 heterocycles. The van der Waals surface area contributed by atoms with E-state index in [0.29, 0.717) is 5.75 Å². The lowest BCUT2D eigenvalue weighted by Gasteiger charge is -2.28. The highest BCUT2D eigenvalue weighted by molar-refractivity contribution is 5.59. The quantitative estimate of drug-likeness (QED) is 0.463. The normalized spacial score (nSPS) is 12.1. The average molecular weight is 402 g/mol. The zero-order valence-electron chi connectivity index (χ0n) is 19.2. The SMILES string of the molecule is CC(C)(C)c1cc(CCc2ccc(Nc3ccccc3)cc2)cc(C(C)(C)C)c1O. The third kappa shape index (κ3) is 5.44. The Bertz CT molecular complexity index is 939. The summed E-state index contributed by atoms with van der Waals surface area (Å²) in [6.07, 6.45) is 1.93. The van der Waals surface area contributed by atoms with E-state index in [0.717, 1.165) is 35.3 Å². The van der Waals surface area contributed by atoms with Crippen LogP contribution in [0.1, 0.15) is 63.8 Å². The fourth-order valence-corrected chi connectivity index (χ4v) is 3.71. The van der Waals surface area contributed by atoms with Crippen LogP contribution in [0.15, 0.2) is 66.7 Å². The molecular weight excluding hydrogens is 366 g/mol. The summed E-state index contributed by atoms with van der Waals surface area (Å²) in [7, 11) is 0. The summed E-state index contributed by atoms with van der Waals surface area (Å²) in [4.78, 5) is 0. The predicted molar refractivity (Wildman–Crippen MR) is 129 cm³/mol. The number of hydrogen-bond donors (Lipinski definition) is 2. The number of phenolic OH excluding ortho intramolecular Hbond substituents is 1. The number of benzene rings is 3. The Labute approximate surface area is 182 Å². The molecule has 0 saturated heterocycles. The third-order valence-electron chi connectivity index (χ3n) is 5.50. The van der Waals surface area contributed by atoms with Crippen LogP contribution >= 0.6 is 0 Å². The molecule has 0 radical (unpaired) electrons. The van der Waals surface area contributed by atoms with Crippen LogP contribution < -0.4 is 5.32 Å². The van der Waals surface area contributed by atoms with E-state index in [2.05, 4.69) is 95.4 Å². The monoisotopic (exact) mass is 401 g/mol. The Hall–Kier alpha value is -2.74. The average Bonchev–Trinajstić information content (AvgIpc) is 2.67. The molecule has 2 N–H and O–H groups in total. The van der Waals surface area contributed by atoms with Crippen molar-refractivity contribution < 1.29 is 5.11 Å². The van der Waals surface area contributed by atoms with Crippen molar-refractivity contribution in [1.82, 2.24) is 0 Å². The van der Waals surface area contributed by atoms with Crippen LogP contribution in [0.2, 0.25) is 0 Å². The Morgan fingerprint density at radius 3 is 1.60 bits per heavy atom. The van der Waals surface area contributed by atoms with Gasteiger partial charge in [-0.3, -0.25) is 0 Å². The number of aryl methyl sites for hydroxylation is 2. The number of nitrogens with one attached hydrogen (secondary N) is 1. The van der Waals surface area contributed by atoms with Crippen molar-refractivity contribution in [3.8, 4) is 5.75 Å². The highest BCUT2D eigenvalue weighted by Gasteiger charge is 2.26. The van der Waals surface area contributed by atoms with Gasteiger partial charge in [0.05, 0.1) is 0 Å². The molecule has 158 valence electrons. The van der Waals surface area contributed by atoms with Crippen molar-refractivity contribution in [3.05, 3.63) is 89.0 Å². The summed E-state index contributed by atoms with van der Waals surface area (Å²) < 4.78 is 0. The van der Waals surface area contributed by atoms with Gasteiger partial charge in [-0.15, -0.1) is 0 Å². The number of phenols is 1. The maximum Gasteiger partial charge on any atom is 0.123 e. The molecule has 0 fully saturated rings. The second kappa shape index (κ2) is 8.55. The van der Waals surface area contributed by atoms with Gasteiger partial charge >= 0.3 is 0 Å². The van der Waals surface area contributed by atoms with Crippen LogP contribution in [0.25, 0.3) is 0 Å². The molecule has 0 spiro atoms. The summed E-state index contributed by atoms with van der Waals surface area (Å²) >= 11 is 0. The molecule has 2 nitrogen and oxygen atoms in total. The van der Waals surface area contributed by atoms with Gasteiger partial charge < -0.3 is 10.4 Å². The van der Waals surface area contributed by atoms with Crippen LogP contribution in [0, 0.1) is 0 Å². The Morgan fingerprint density at radius 1 is 0.633 bits per heavy atom. The predicted octanol–water partition coefficient (Wildman–Crippen LogP) is 7.52. The van der Waals surface area contributed by atoms with Crippen molar-refractivity contribution >= 4 is 11.4 Å². The molecular formula is C28H35NO. The molecule has 30 heavy (non-hydrogen) atoms. The maximum atomic E-state index is 10.9. The molecule has 0 saturated carbocycles. The van der Waals surface area contributed by atoms with Crippen LogP contribution in [0.5, 0.6) is 5.75 Å². The van der Waals surface area contributed by atoms with Gasteiger partial charge in [0.2, 0.25) is 0 Å². The van der Waals surface area contributed by atoms with Crippen LogP contribution in [0.3, 0.4) is 0 Å². The molecule has 0 unspecified atom stereocenters. The van der Waals surface area contributed by atoms with Gasteiger partial charge in [-0.05, 0) is 70.2 Å². The molecule has 0 aromatic heterocycles. The van der Waals surface area contributed by atoms with Gasteiger partial charge in [0.1, 0.15) is 5.75 Å². The van der Waals surface area contributed by atoms with Crippen molar-refractivity contribution in [3.63, 3.8) is 0 Å². The van der Waals surface area contributed by atoms with Gasteiger partial charge in [0.15, 0.2) is 0 Å². The van der Waals surface area contributed by atoms with E-state index in [1.165, 1.54) is 11.1 Å².